The standard InChI is InChI=1S/C14H25NO2/c1-4-17-13(16)12(2)10-15-11-14(3)8-6-5-7-9-14/h15H,2,4-11H2,1,3H3. The molecule has 3 heteroatoms. The summed E-state index contributed by atoms with van der Waals surface area (Å²) in [6, 6.07) is 0. The third-order valence-electron chi connectivity index (χ3n) is 3.51. The van der Waals surface area contributed by atoms with Crippen molar-refractivity contribution in [2.24, 2.45) is 5.41 Å². The topological polar surface area (TPSA) is 38.3 Å². The number of esters is 1. The smallest absolute Gasteiger partial charge is 0.334 e. The average molecular weight is 239 g/mol. The van der Waals surface area contributed by atoms with Crippen LogP contribution < -0.4 is 5.32 Å². The summed E-state index contributed by atoms with van der Waals surface area (Å²) in [5.41, 5.74) is 0.916. The SMILES string of the molecule is C=C(CNCC1(C)CCCCC1)C(=O)OCC. The zero-order chi connectivity index (χ0) is 12.7. The molecular weight excluding hydrogens is 214 g/mol. The second kappa shape index (κ2) is 6.80. The molecule has 0 radical (unpaired) electrons. The van der Waals surface area contributed by atoms with Crippen LogP contribution in [0.15, 0.2) is 12.2 Å². The van der Waals surface area contributed by atoms with Crippen LogP contribution in [0.5, 0.6) is 0 Å². The van der Waals surface area contributed by atoms with E-state index < -0.39 is 0 Å². The Morgan fingerprint density at radius 1 is 1.35 bits per heavy atom. The van der Waals surface area contributed by atoms with Crippen molar-refractivity contribution in [1.29, 1.82) is 0 Å². The van der Waals surface area contributed by atoms with Crippen LogP contribution in [0, 0.1) is 5.41 Å². The van der Waals surface area contributed by atoms with Crippen LogP contribution in [-0.2, 0) is 9.53 Å². The van der Waals surface area contributed by atoms with Crippen LogP contribution in [0.1, 0.15) is 46.0 Å². The van der Waals surface area contributed by atoms with Gasteiger partial charge in [0, 0.05) is 18.7 Å². The minimum Gasteiger partial charge on any atom is -0.463 e. The number of hydrogen-bond donors (Lipinski definition) is 1. The van der Waals surface area contributed by atoms with Crippen molar-refractivity contribution in [2.45, 2.75) is 46.0 Å². The van der Waals surface area contributed by atoms with Crippen LogP contribution in [-0.4, -0.2) is 25.7 Å². The Hall–Kier alpha value is -0.830. The number of rotatable bonds is 6. The fraction of sp³-hybridized carbons (Fsp3) is 0.786. The molecule has 1 saturated carbocycles. The van der Waals surface area contributed by atoms with Crippen LogP contribution in [0.3, 0.4) is 0 Å². The van der Waals surface area contributed by atoms with Gasteiger partial charge in [-0.2, -0.15) is 0 Å². The summed E-state index contributed by atoms with van der Waals surface area (Å²) in [6.45, 7) is 9.79. The summed E-state index contributed by atoms with van der Waals surface area (Å²) < 4.78 is 4.89. The summed E-state index contributed by atoms with van der Waals surface area (Å²) in [7, 11) is 0. The monoisotopic (exact) mass is 239 g/mol. The Kier molecular flexibility index (Phi) is 5.69. The lowest BCUT2D eigenvalue weighted by Crippen LogP contribution is -2.35. The highest BCUT2D eigenvalue weighted by atomic mass is 16.5. The normalized spacial score (nSPS) is 18.7. The molecule has 0 heterocycles. The van der Waals surface area contributed by atoms with E-state index in [1.807, 2.05) is 6.92 Å². The summed E-state index contributed by atoms with van der Waals surface area (Å²) in [5, 5.41) is 3.33. The largest absolute Gasteiger partial charge is 0.463 e. The molecule has 0 unspecified atom stereocenters. The first kappa shape index (κ1) is 14.2. The number of carbonyl (C=O) groups excluding carboxylic acids is 1. The van der Waals surface area contributed by atoms with E-state index in [0.29, 0.717) is 24.1 Å². The van der Waals surface area contributed by atoms with Gasteiger partial charge < -0.3 is 10.1 Å². The van der Waals surface area contributed by atoms with E-state index in [1.54, 1.807) is 0 Å². The van der Waals surface area contributed by atoms with Gasteiger partial charge in [0.05, 0.1) is 6.61 Å². The molecule has 1 rings (SSSR count). The molecule has 0 aromatic heterocycles. The van der Waals surface area contributed by atoms with Gasteiger partial charge in [0.25, 0.3) is 0 Å². The maximum Gasteiger partial charge on any atom is 0.334 e. The van der Waals surface area contributed by atoms with Crippen molar-refractivity contribution in [1.82, 2.24) is 5.32 Å². The second-order valence-corrected chi connectivity index (χ2v) is 5.30. The molecule has 0 aromatic carbocycles. The predicted molar refractivity (Wildman–Crippen MR) is 69.8 cm³/mol. The van der Waals surface area contributed by atoms with Gasteiger partial charge in [0.1, 0.15) is 0 Å². The van der Waals surface area contributed by atoms with E-state index in [2.05, 4.69) is 18.8 Å². The first-order chi connectivity index (χ1) is 8.07. The zero-order valence-electron chi connectivity index (χ0n) is 11.2. The lowest BCUT2D eigenvalue weighted by Gasteiger charge is -2.33. The van der Waals surface area contributed by atoms with Crippen molar-refractivity contribution in [3.63, 3.8) is 0 Å². The lowest BCUT2D eigenvalue weighted by atomic mass is 9.76. The first-order valence-corrected chi connectivity index (χ1v) is 6.63. The highest BCUT2D eigenvalue weighted by Gasteiger charge is 2.26. The van der Waals surface area contributed by atoms with Gasteiger partial charge in [-0.25, -0.2) is 4.79 Å². The van der Waals surface area contributed by atoms with E-state index in [4.69, 9.17) is 4.74 Å². The van der Waals surface area contributed by atoms with Gasteiger partial charge in [-0.3, -0.25) is 0 Å². The third-order valence-corrected chi connectivity index (χ3v) is 3.51. The van der Waals surface area contributed by atoms with Gasteiger partial charge in [-0.15, -0.1) is 0 Å². The molecule has 0 bridgehead atoms. The van der Waals surface area contributed by atoms with Crippen LogP contribution in [0.25, 0.3) is 0 Å². The van der Waals surface area contributed by atoms with E-state index in [0.717, 1.165) is 6.54 Å². The molecule has 17 heavy (non-hydrogen) atoms. The van der Waals surface area contributed by atoms with Crippen LogP contribution in [0.4, 0.5) is 0 Å². The third kappa shape index (κ3) is 4.90. The Labute approximate surface area is 105 Å². The summed E-state index contributed by atoms with van der Waals surface area (Å²) in [6.07, 6.45) is 6.59. The van der Waals surface area contributed by atoms with Gasteiger partial charge in [-0.1, -0.05) is 32.8 Å². The van der Waals surface area contributed by atoms with E-state index in [1.165, 1.54) is 32.1 Å². The fourth-order valence-corrected chi connectivity index (χ4v) is 2.40. The number of nitrogens with one attached hydrogen (secondary N) is 1. The molecule has 0 spiro atoms. The Morgan fingerprint density at radius 3 is 2.59 bits per heavy atom. The maximum atomic E-state index is 11.3. The average Bonchev–Trinajstić information content (AvgIpc) is 2.30. The van der Waals surface area contributed by atoms with Gasteiger partial charge in [0.2, 0.25) is 0 Å². The molecule has 0 aliphatic heterocycles. The lowest BCUT2D eigenvalue weighted by molar-refractivity contribution is -0.138. The van der Waals surface area contributed by atoms with Crippen LogP contribution >= 0.6 is 0 Å². The maximum absolute atomic E-state index is 11.3. The minimum absolute atomic E-state index is 0.284. The highest BCUT2D eigenvalue weighted by Crippen LogP contribution is 2.34. The van der Waals surface area contributed by atoms with Crippen molar-refractivity contribution < 1.29 is 9.53 Å². The fourth-order valence-electron chi connectivity index (χ4n) is 2.40. The quantitative estimate of drug-likeness (QED) is 0.572. The Morgan fingerprint density at radius 2 is 2.00 bits per heavy atom. The summed E-state index contributed by atoms with van der Waals surface area (Å²) >= 11 is 0. The molecule has 98 valence electrons. The van der Waals surface area contributed by atoms with Crippen LogP contribution in [0.2, 0.25) is 0 Å². The van der Waals surface area contributed by atoms with Crippen molar-refractivity contribution >= 4 is 5.97 Å². The number of carbonyl (C=O) groups is 1. The van der Waals surface area contributed by atoms with E-state index in [9.17, 15) is 4.79 Å². The molecule has 0 saturated heterocycles. The molecule has 1 fully saturated rings. The van der Waals surface area contributed by atoms with Crippen molar-refractivity contribution in [2.75, 3.05) is 19.7 Å². The Bertz CT molecular complexity index is 267. The summed E-state index contributed by atoms with van der Waals surface area (Å²) in [5.74, 6) is -0.284. The van der Waals surface area contributed by atoms with Gasteiger partial charge in [-0.05, 0) is 25.2 Å². The molecule has 1 aliphatic carbocycles. The molecule has 0 amide bonds. The second-order valence-electron chi connectivity index (χ2n) is 5.30. The van der Waals surface area contributed by atoms with Crippen molar-refractivity contribution in [3.8, 4) is 0 Å². The van der Waals surface area contributed by atoms with Gasteiger partial charge in [0.15, 0.2) is 0 Å². The molecular formula is C14H25NO2. The zero-order valence-corrected chi connectivity index (χ0v) is 11.2. The van der Waals surface area contributed by atoms with Crippen molar-refractivity contribution in [3.05, 3.63) is 12.2 Å². The number of ether oxygens (including phenoxy) is 1. The van der Waals surface area contributed by atoms with E-state index in [-0.39, 0.29) is 5.97 Å². The molecule has 1 aliphatic rings. The van der Waals surface area contributed by atoms with E-state index >= 15 is 0 Å². The summed E-state index contributed by atoms with van der Waals surface area (Å²) in [4.78, 5) is 11.3. The predicted octanol–water partition coefficient (Wildman–Crippen LogP) is 2.67. The minimum atomic E-state index is -0.284. The van der Waals surface area contributed by atoms with Gasteiger partial charge >= 0.3 is 5.97 Å². The first-order valence-electron chi connectivity index (χ1n) is 6.63. The Balaban J connectivity index is 2.22. The highest BCUT2D eigenvalue weighted by molar-refractivity contribution is 5.88. The molecule has 0 atom stereocenters. The molecule has 0 aromatic rings. The molecule has 3 nitrogen and oxygen atoms in total. The number of hydrogen-bond acceptors (Lipinski definition) is 3. The molecule has 1 N–H and O–H groups in total.